The zero-order chi connectivity index (χ0) is 13.8. The fourth-order valence-electron chi connectivity index (χ4n) is 4.18. The van der Waals surface area contributed by atoms with Crippen molar-refractivity contribution in [2.45, 2.75) is 45.4 Å². The SMILES string of the molecule is CC1CCC(CN2CCC(Cc3ccccc3)CC2)C1. The van der Waals surface area contributed by atoms with Crippen LogP contribution in [-0.4, -0.2) is 24.5 Å². The van der Waals surface area contributed by atoms with Gasteiger partial charge in [0, 0.05) is 6.54 Å². The summed E-state index contributed by atoms with van der Waals surface area (Å²) < 4.78 is 0. The molecule has 1 nitrogen and oxygen atoms in total. The molecule has 1 aromatic carbocycles. The van der Waals surface area contributed by atoms with Gasteiger partial charge in [0.05, 0.1) is 0 Å². The van der Waals surface area contributed by atoms with E-state index in [1.165, 1.54) is 63.7 Å². The van der Waals surface area contributed by atoms with Gasteiger partial charge in [-0.2, -0.15) is 0 Å². The third-order valence-electron chi connectivity index (χ3n) is 5.39. The monoisotopic (exact) mass is 271 g/mol. The highest BCUT2D eigenvalue weighted by atomic mass is 15.1. The third kappa shape index (κ3) is 3.85. The molecule has 2 fully saturated rings. The summed E-state index contributed by atoms with van der Waals surface area (Å²) in [4.78, 5) is 2.74. The maximum atomic E-state index is 2.74. The van der Waals surface area contributed by atoms with Gasteiger partial charge in [0.1, 0.15) is 0 Å². The van der Waals surface area contributed by atoms with Crippen LogP contribution in [0.15, 0.2) is 30.3 Å². The summed E-state index contributed by atoms with van der Waals surface area (Å²) in [5.74, 6) is 2.89. The van der Waals surface area contributed by atoms with Crippen molar-refractivity contribution < 1.29 is 0 Å². The summed E-state index contributed by atoms with van der Waals surface area (Å²) >= 11 is 0. The molecule has 1 saturated heterocycles. The predicted octanol–water partition coefficient (Wildman–Crippen LogP) is 4.38. The summed E-state index contributed by atoms with van der Waals surface area (Å²) in [7, 11) is 0. The molecule has 0 bridgehead atoms. The second-order valence-electron chi connectivity index (χ2n) is 7.22. The number of rotatable bonds is 4. The van der Waals surface area contributed by atoms with E-state index < -0.39 is 0 Å². The first kappa shape index (κ1) is 14.1. The van der Waals surface area contributed by atoms with Gasteiger partial charge in [-0.25, -0.2) is 0 Å². The molecular weight excluding hydrogens is 242 g/mol. The van der Waals surface area contributed by atoms with E-state index >= 15 is 0 Å². The molecule has 0 radical (unpaired) electrons. The molecule has 1 heterocycles. The molecule has 1 aliphatic heterocycles. The fraction of sp³-hybridized carbons (Fsp3) is 0.684. The molecule has 3 rings (SSSR count). The van der Waals surface area contributed by atoms with E-state index in [1.807, 2.05) is 0 Å². The maximum Gasteiger partial charge on any atom is 0.000976 e. The van der Waals surface area contributed by atoms with Gasteiger partial charge in [-0.15, -0.1) is 0 Å². The largest absolute Gasteiger partial charge is 0.303 e. The van der Waals surface area contributed by atoms with Gasteiger partial charge in [-0.1, -0.05) is 43.7 Å². The van der Waals surface area contributed by atoms with Crippen molar-refractivity contribution in [1.29, 1.82) is 0 Å². The normalized spacial score (nSPS) is 28.9. The average Bonchev–Trinajstić information content (AvgIpc) is 2.88. The Kier molecular flexibility index (Phi) is 4.77. The highest BCUT2D eigenvalue weighted by Gasteiger charge is 2.26. The van der Waals surface area contributed by atoms with Gasteiger partial charge < -0.3 is 4.90 Å². The van der Waals surface area contributed by atoms with Crippen LogP contribution in [0.1, 0.15) is 44.6 Å². The fourth-order valence-corrected chi connectivity index (χ4v) is 4.18. The number of likely N-dealkylation sites (tertiary alicyclic amines) is 1. The number of benzene rings is 1. The Labute approximate surface area is 124 Å². The summed E-state index contributed by atoms with van der Waals surface area (Å²) in [5.41, 5.74) is 1.52. The molecule has 1 aliphatic carbocycles. The first-order valence-corrected chi connectivity index (χ1v) is 8.56. The van der Waals surface area contributed by atoms with E-state index in [0.717, 1.165) is 17.8 Å². The molecule has 0 aromatic heterocycles. The van der Waals surface area contributed by atoms with Crippen molar-refractivity contribution in [3.8, 4) is 0 Å². The van der Waals surface area contributed by atoms with Gasteiger partial charge in [0.25, 0.3) is 0 Å². The van der Waals surface area contributed by atoms with Gasteiger partial charge in [-0.3, -0.25) is 0 Å². The van der Waals surface area contributed by atoms with E-state index in [0.29, 0.717) is 0 Å². The lowest BCUT2D eigenvalue weighted by atomic mass is 9.89. The Hall–Kier alpha value is -0.820. The standard InChI is InChI=1S/C19H29N/c1-16-7-8-19(13-16)15-20-11-9-18(10-12-20)14-17-5-3-2-4-6-17/h2-6,16,18-19H,7-15H2,1H3. The molecule has 0 N–H and O–H groups in total. The number of nitrogens with zero attached hydrogens (tertiary/aromatic N) is 1. The van der Waals surface area contributed by atoms with Crippen molar-refractivity contribution in [3.63, 3.8) is 0 Å². The lowest BCUT2D eigenvalue weighted by Crippen LogP contribution is -2.37. The van der Waals surface area contributed by atoms with Crippen LogP contribution in [0.5, 0.6) is 0 Å². The Bertz CT molecular complexity index is 391. The van der Waals surface area contributed by atoms with Crippen LogP contribution in [0.2, 0.25) is 0 Å². The lowest BCUT2D eigenvalue weighted by Gasteiger charge is -2.33. The Morgan fingerprint density at radius 2 is 1.70 bits per heavy atom. The minimum Gasteiger partial charge on any atom is -0.303 e. The van der Waals surface area contributed by atoms with Crippen molar-refractivity contribution in [1.82, 2.24) is 4.90 Å². The smallest absolute Gasteiger partial charge is 0.000976 e. The topological polar surface area (TPSA) is 3.24 Å². The van der Waals surface area contributed by atoms with Crippen LogP contribution in [0, 0.1) is 17.8 Å². The van der Waals surface area contributed by atoms with Crippen molar-refractivity contribution in [2.24, 2.45) is 17.8 Å². The Morgan fingerprint density at radius 1 is 0.950 bits per heavy atom. The van der Waals surface area contributed by atoms with E-state index in [-0.39, 0.29) is 0 Å². The molecule has 2 atom stereocenters. The van der Waals surface area contributed by atoms with E-state index in [4.69, 9.17) is 0 Å². The summed E-state index contributed by atoms with van der Waals surface area (Å²) in [6.07, 6.45) is 8.51. The third-order valence-corrected chi connectivity index (χ3v) is 5.39. The van der Waals surface area contributed by atoms with Crippen LogP contribution in [0.4, 0.5) is 0 Å². The molecular formula is C19H29N. The van der Waals surface area contributed by atoms with Crippen LogP contribution in [0.3, 0.4) is 0 Å². The molecule has 0 spiro atoms. The molecule has 0 amide bonds. The van der Waals surface area contributed by atoms with Gasteiger partial charge in [-0.05, 0) is 68.5 Å². The predicted molar refractivity (Wildman–Crippen MR) is 85.8 cm³/mol. The Morgan fingerprint density at radius 3 is 2.35 bits per heavy atom. The average molecular weight is 271 g/mol. The van der Waals surface area contributed by atoms with Gasteiger partial charge in [0.15, 0.2) is 0 Å². The molecule has 2 aliphatic rings. The second kappa shape index (κ2) is 6.76. The lowest BCUT2D eigenvalue weighted by molar-refractivity contribution is 0.160. The van der Waals surface area contributed by atoms with Gasteiger partial charge in [0.2, 0.25) is 0 Å². The van der Waals surface area contributed by atoms with E-state index in [2.05, 4.69) is 42.2 Å². The quantitative estimate of drug-likeness (QED) is 0.785. The minimum absolute atomic E-state index is 0.913. The van der Waals surface area contributed by atoms with E-state index in [1.54, 1.807) is 0 Å². The van der Waals surface area contributed by atoms with Crippen LogP contribution < -0.4 is 0 Å². The summed E-state index contributed by atoms with van der Waals surface area (Å²) in [6.45, 7) is 6.47. The number of hydrogen-bond acceptors (Lipinski definition) is 1. The molecule has 110 valence electrons. The first-order chi connectivity index (χ1) is 9.79. The molecule has 1 aromatic rings. The molecule has 20 heavy (non-hydrogen) atoms. The first-order valence-electron chi connectivity index (χ1n) is 8.56. The molecule has 1 heteroatoms. The maximum absolute atomic E-state index is 2.74. The van der Waals surface area contributed by atoms with Crippen molar-refractivity contribution in [3.05, 3.63) is 35.9 Å². The highest BCUT2D eigenvalue weighted by Crippen LogP contribution is 2.32. The highest BCUT2D eigenvalue weighted by molar-refractivity contribution is 5.15. The Balaban J connectivity index is 1.41. The van der Waals surface area contributed by atoms with Crippen LogP contribution >= 0.6 is 0 Å². The molecule has 1 saturated carbocycles. The van der Waals surface area contributed by atoms with E-state index in [9.17, 15) is 0 Å². The summed E-state index contributed by atoms with van der Waals surface area (Å²) in [5, 5.41) is 0. The van der Waals surface area contributed by atoms with Crippen LogP contribution in [-0.2, 0) is 6.42 Å². The van der Waals surface area contributed by atoms with Crippen molar-refractivity contribution >= 4 is 0 Å². The minimum atomic E-state index is 0.913. The van der Waals surface area contributed by atoms with Crippen LogP contribution in [0.25, 0.3) is 0 Å². The second-order valence-corrected chi connectivity index (χ2v) is 7.22. The van der Waals surface area contributed by atoms with Gasteiger partial charge >= 0.3 is 0 Å². The zero-order valence-electron chi connectivity index (χ0n) is 12.9. The zero-order valence-corrected chi connectivity index (χ0v) is 12.9. The number of hydrogen-bond donors (Lipinski definition) is 0. The van der Waals surface area contributed by atoms with Crippen molar-refractivity contribution in [2.75, 3.05) is 19.6 Å². The summed E-state index contributed by atoms with van der Waals surface area (Å²) in [6, 6.07) is 11.0. The molecule has 2 unspecified atom stereocenters. The number of piperidine rings is 1.